The summed E-state index contributed by atoms with van der Waals surface area (Å²) in [6.45, 7) is 6.24. The van der Waals surface area contributed by atoms with Crippen LogP contribution in [0.1, 0.15) is 26.5 Å². The van der Waals surface area contributed by atoms with Gasteiger partial charge in [0, 0.05) is 5.41 Å². The Morgan fingerprint density at radius 3 is 2.53 bits per heavy atom. The zero-order valence-corrected chi connectivity index (χ0v) is 12.1. The third-order valence-corrected chi connectivity index (χ3v) is 3.55. The van der Waals surface area contributed by atoms with Crippen molar-refractivity contribution in [3.05, 3.63) is 33.9 Å². The first-order chi connectivity index (χ1) is 7.89. The molecule has 0 amide bonds. The van der Waals surface area contributed by atoms with Crippen molar-refractivity contribution in [2.24, 2.45) is 0 Å². The van der Waals surface area contributed by atoms with Crippen LogP contribution in [0.5, 0.6) is 0 Å². The minimum Gasteiger partial charge on any atom is -0.472 e. The molecule has 0 aliphatic rings. The Balaban J connectivity index is 2.62. The molecule has 2 aromatic rings. The normalized spacial score (nSPS) is 11.8. The molecule has 0 N–H and O–H groups in total. The first kappa shape index (κ1) is 12.6. The molecule has 0 aliphatic heterocycles. The molecular weight excluding hydrogens is 304 g/mol. The Bertz CT molecular complexity index is 532. The number of nitrogens with zero attached hydrogens (tertiary/aromatic N) is 2. The van der Waals surface area contributed by atoms with Crippen molar-refractivity contribution in [3.8, 4) is 11.4 Å². The van der Waals surface area contributed by atoms with Gasteiger partial charge in [0.2, 0.25) is 0 Å². The number of aromatic nitrogens is 2. The molecule has 0 atom stereocenters. The molecule has 3 nitrogen and oxygen atoms in total. The fourth-order valence-corrected chi connectivity index (χ4v) is 2.38. The van der Waals surface area contributed by atoms with E-state index < -0.39 is 0 Å². The second kappa shape index (κ2) is 4.42. The topological polar surface area (TPSA) is 38.9 Å². The predicted octanol–water partition coefficient (Wildman–Crippen LogP) is 4.45. The summed E-state index contributed by atoms with van der Waals surface area (Å²) < 4.78 is 5.78. The summed E-state index contributed by atoms with van der Waals surface area (Å²) in [5.74, 6) is 0.580. The van der Waals surface area contributed by atoms with E-state index in [0.29, 0.717) is 11.0 Å². The third kappa shape index (κ3) is 2.53. The Morgan fingerprint density at radius 1 is 1.29 bits per heavy atom. The maximum absolute atomic E-state index is 6.11. The maximum Gasteiger partial charge on any atom is 0.164 e. The maximum atomic E-state index is 6.11. The van der Waals surface area contributed by atoms with Gasteiger partial charge >= 0.3 is 0 Å². The van der Waals surface area contributed by atoms with Gasteiger partial charge in [-0.3, -0.25) is 0 Å². The SMILES string of the molecule is CC(C)(C)c1nc(-c2ccoc2)nc(Cl)c1Br. The van der Waals surface area contributed by atoms with Gasteiger partial charge in [0.15, 0.2) is 5.82 Å². The molecule has 2 aromatic heterocycles. The lowest BCUT2D eigenvalue weighted by molar-refractivity contribution is 0.562. The van der Waals surface area contributed by atoms with Gasteiger partial charge in [-0.1, -0.05) is 32.4 Å². The van der Waals surface area contributed by atoms with Crippen LogP contribution in [0, 0.1) is 0 Å². The smallest absolute Gasteiger partial charge is 0.164 e. The van der Waals surface area contributed by atoms with Gasteiger partial charge < -0.3 is 4.42 Å². The monoisotopic (exact) mass is 314 g/mol. The van der Waals surface area contributed by atoms with Gasteiger partial charge in [-0.15, -0.1) is 0 Å². The number of hydrogen-bond donors (Lipinski definition) is 0. The highest BCUT2D eigenvalue weighted by Crippen LogP contribution is 2.34. The summed E-state index contributed by atoms with van der Waals surface area (Å²) >= 11 is 9.55. The first-order valence-electron chi connectivity index (χ1n) is 5.15. The highest BCUT2D eigenvalue weighted by atomic mass is 79.9. The molecule has 0 unspecified atom stereocenters. The van der Waals surface area contributed by atoms with Crippen LogP contribution in [0.2, 0.25) is 5.15 Å². The van der Waals surface area contributed by atoms with Gasteiger partial charge in [-0.05, 0) is 22.0 Å². The number of rotatable bonds is 1. The van der Waals surface area contributed by atoms with E-state index in [1.54, 1.807) is 12.5 Å². The molecule has 90 valence electrons. The van der Waals surface area contributed by atoms with Crippen LogP contribution in [0.15, 0.2) is 27.5 Å². The molecule has 0 aliphatic carbocycles. The van der Waals surface area contributed by atoms with Crippen LogP contribution in [-0.4, -0.2) is 9.97 Å². The standard InChI is InChI=1S/C12H12BrClN2O/c1-12(2,3)9-8(13)10(14)16-11(15-9)7-4-5-17-6-7/h4-6H,1-3H3. The lowest BCUT2D eigenvalue weighted by atomic mass is 9.92. The average molecular weight is 316 g/mol. The van der Waals surface area contributed by atoms with Crippen molar-refractivity contribution in [2.45, 2.75) is 26.2 Å². The van der Waals surface area contributed by atoms with Crippen LogP contribution >= 0.6 is 27.5 Å². The molecule has 17 heavy (non-hydrogen) atoms. The molecule has 5 heteroatoms. The summed E-state index contributed by atoms with van der Waals surface area (Å²) in [5, 5.41) is 0.418. The van der Waals surface area contributed by atoms with E-state index in [9.17, 15) is 0 Å². The second-order valence-corrected chi connectivity index (χ2v) is 5.91. The number of hydrogen-bond acceptors (Lipinski definition) is 3. The number of furan rings is 1. The molecule has 0 spiro atoms. The second-order valence-electron chi connectivity index (χ2n) is 4.76. The molecule has 0 saturated heterocycles. The van der Waals surface area contributed by atoms with E-state index in [2.05, 4.69) is 46.7 Å². The molecule has 0 saturated carbocycles. The molecule has 0 bridgehead atoms. The van der Waals surface area contributed by atoms with Crippen LogP contribution in [-0.2, 0) is 5.41 Å². The molecule has 2 heterocycles. The quantitative estimate of drug-likeness (QED) is 0.730. The Hall–Kier alpha value is -0.870. The van der Waals surface area contributed by atoms with E-state index in [-0.39, 0.29) is 5.41 Å². The van der Waals surface area contributed by atoms with Crippen molar-refractivity contribution in [3.63, 3.8) is 0 Å². The highest BCUT2D eigenvalue weighted by Gasteiger charge is 2.23. The Kier molecular flexibility index (Phi) is 3.27. The van der Waals surface area contributed by atoms with Crippen molar-refractivity contribution in [1.29, 1.82) is 0 Å². The van der Waals surface area contributed by atoms with E-state index >= 15 is 0 Å². The van der Waals surface area contributed by atoms with Gasteiger partial charge in [-0.25, -0.2) is 9.97 Å². The lowest BCUT2D eigenvalue weighted by Gasteiger charge is -2.20. The van der Waals surface area contributed by atoms with Gasteiger partial charge in [0.05, 0.1) is 22.0 Å². The van der Waals surface area contributed by atoms with Gasteiger partial charge in [0.25, 0.3) is 0 Å². The zero-order valence-electron chi connectivity index (χ0n) is 9.79. The van der Waals surface area contributed by atoms with Crippen LogP contribution in [0.4, 0.5) is 0 Å². The van der Waals surface area contributed by atoms with E-state index in [1.807, 2.05) is 6.07 Å². The Morgan fingerprint density at radius 2 is 2.00 bits per heavy atom. The van der Waals surface area contributed by atoms with Gasteiger partial charge in [0.1, 0.15) is 11.4 Å². The first-order valence-corrected chi connectivity index (χ1v) is 6.33. The van der Waals surface area contributed by atoms with E-state index in [0.717, 1.165) is 15.7 Å². The van der Waals surface area contributed by atoms with E-state index in [1.165, 1.54) is 0 Å². The van der Waals surface area contributed by atoms with Crippen molar-refractivity contribution >= 4 is 27.5 Å². The number of halogens is 2. The Labute approximate surface area is 113 Å². The molecule has 0 fully saturated rings. The highest BCUT2D eigenvalue weighted by molar-refractivity contribution is 9.10. The largest absolute Gasteiger partial charge is 0.472 e. The fraction of sp³-hybridized carbons (Fsp3) is 0.333. The van der Waals surface area contributed by atoms with Crippen LogP contribution in [0.25, 0.3) is 11.4 Å². The zero-order chi connectivity index (χ0) is 12.6. The van der Waals surface area contributed by atoms with Crippen LogP contribution < -0.4 is 0 Å². The van der Waals surface area contributed by atoms with Crippen molar-refractivity contribution < 1.29 is 4.42 Å². The summed E-state index contributed by atoms with van der Waals surface area (Å²) in [4.78, 5) is 8.78. The van der Waals surface area contributed by atoms with Gasteiger partial charge in [-0.2, -0.15) is 0 Å². The minimum absolute atomic E-state index is 0.107. The molecule has 2 rings (SSSR count). The van der Waals surface area contributed by atoms with Crippen LogP contribution in [0.3, 0.4) is 0 Å². The van der Waals surface area contributed by atoms with E-state index in [4.69, 9.17) is 16.0 Å². The fourth-order valence-electron chi connectivity index (χ4n) is 1.44. The molecule has 0 radical (unpaired) electrons. The lowest BCUT2D eigenvalue weighted by Crippen LogP contribution is -2.16. The minimum atomic E-state index is -0.107. The summed E-state index contributed by atoms with van der Waals surface area (Å²) in [6, 6.07) is 1.81. The third-order valence-electron chi connectivity index (χ3n) is 2.30. The summed E-state index contributed by atoms with van der Waals surface area (Å²) in [6.07, 6.45) is 3.19. The summed E-state index contributed by atoms with van der Waals surface area (Å²) in [5.41, 5.74) is 1.60. The summed E-state index contributed by atoms with van der Waals surface area (Å²) in [7, 11) is 0. The predicted molar refractivity (Wildman–Crippen MR) is 71.1 cm³/mol. The van der Waals surface area contributed by atoms with Crippen molar-refractivity contribution in [1.82, 2.24) is 9.97 Å². The van der Waals surface area contributed by atoms with Crippen molar-refractivity contribution in [2.75, 3.05) is 0 Å². The molecule has 0 aromatic carbocycles. The molecular formula is C12H12BrClN2O. The average Bonchev–Trinajstić information content (AvgIpc) is 2.73.